The third kappa shape index (κ3) is 67.6. The third-order valence-electron chi connectivity index (χ3n) is 18.4. The molecule has 0 saturated carbocycles. The molecule has 0 aromatic carbocycles. The Hall–Kier alpha value is -1.94. The average molecular weight is 1400 g/mol. The van der Waals surface area contributed by atoms with Crippen molar-refractivity contribution in [2.45, 2.75) is 407 Å². The molecule has 0 aromatic heterocycles. The maximum absolute atomic E-state index is 13.1. The van der Waals surface area contributed by atoms with Crippen molar-refractivity contribution in [2.75, 3.05) is 39.6 Å². The van der Waals surface area contributed by atoms with Gasteiger partial charge in [-0.2, -0.15) is 0 Å². The second-order valence-electron chi connectivity index (χ2n) is 28.4. The summed E-state index contributed by atoms with van der Waals surface area (Å²) >= 11 is 0. The van der Waals surface area contributed by atoms with Gasteiger partial charge < -0.3 is 33.8 Å². The van der Waals surface area contributed by atoms with Crippen LogP contribution in [0.15, 0.2) is 0 Å². The Balaban J connectivity index is 5.18. The molecule has 17 nitrogen and oxygen atoms in total. The molecule has 7 atom stereocenters. The molecule has 3 N–H and O–H groups in total. The van der Waals surface area contributed by atoms with E-state index in [9.17, 15) is 43.2 Å². The summed E-state index contributed by atoms with van der Waals surface area (Å²) in [6, 6.07) is 0. The van der Waals surface area contributed by atoms with Crippen LogP contribution < -0.4 is 0 Å². The second-order valence-corrected chi connectivity index (χ2v) is 31.3. The fourth-order valence-corrected chi connectivity index (χ4v) is 13.1. The Morgan fingerprint density at radius 1 is 0.305 bits per heavy atom. The van der Waals surface area contributed by atoms with Gasteiger partial charge >= 0.3 is 39.5 Å². The second kappa shape index (κ2) is 66.6. The van der Waals surface area contributed by atoms with Gasteiger partial charge in [-0.05, 0) is 43.4 Å². The average Bonchev–Trinajstić information content (AvgIpc) is 1.77. The van der Waals surface area contributed by atoms with E-state index in [-0.39, 0.29) is 25.7 Å². The highest BCUT2D eigenvalue weighted by Gasteiger charge is 2.30. The molecule has 0 aliphatic carbocycles. The number of ether oxygens (including phenoxy) is 4. The van der Waals surface area contributed by atoms with Gasteiger partial charge in [0.25, 0.3) is 0 Å². The van der Waals surface area contributed by atoms with E-state index >= 15 is 0 Å². The van der Waals surface area contributed by atoms with Gasteiger partial charge in [0, 0.05) is 25.7 Å². The zero-order chi connectivity index (χ0) is 70.1. The number of aliphatic hydroxyl groups is 1. The molecule has 0 aliphatic heterocycles. The van der Waals surface area contributed by atoms with Crippen molar-refractivity contribution in [1.82, 2.24) is 0 Å². The third-order valence-corrected chi connectivity index (χ3v) is 20.3. The summed E-state index contributed by atoms with van der Waals surface area (Å²) in [5.41, 5.74) is 0. The van der Waals surface area contributed by atoms with Crippen molar-refractivity contribution in [3.8, 4) is 0 Å². The van der Waals surface area contributed by atoms with E-state index in [1.54, 1.807) is 0 Å². The quantitative estimate of drug-likeness (QED) is 0.0222. The molecule has 0 rings (SSSR count). The standard InChI is InChI=1S/C76H148O17P2/c1-8-11-12-13-14-15-16-17-18-19-20-21-22-23-24-25-26-27-28-36-45-52-59-75(80)92-71(63-86-73(78)57-50-43-35-32-30-34-41-48-55-68(6)9-2)65-90-94(82,83)88-61-70(77)62-89-95(84,85)91-66-72(64-87-74(79)58-51-44-39-38-42-49-56-69(7)10-3)93-76(81)60-53-46-37-31-29-33-40-47-54-67(4)5/h67-72,77H,8-66H2,1-7H3,(H,82,83)(H,84,85)/t68?,69?,70-,71-,72-/m1/s1. The van der Waals surface area contributed by atoms with E-state index in [1.165, 1.54) is 193 Å². The summed E-state index contributed by atoms with van der Waals surface area (Å²) in [5.74, 6) is 0.102. The number of carbonyl (C=O) groups is 4. The molecule has 0 spiro atoms. The Morgan fingerprint density at radius 3 is 0.800 bits per heavy atom. The number of aliphatic hydroxyl groups excluding tert-OH is 1. The van der Waals surface area contributed by atoms with E-state index < -0.39 is 97.5 Å². The van der Waals surface area contributed by atoms with Gasteiger partial charge in [0.15, 0.2) is 12.2 Å². The van der Waals surface area contributed by atoms with Crippen LogP contribution in [0.4, 0.5) is 0 Å². The van der Waals surface area contributed by atoms with E-state index in [1.807, 2.05) is 0 Å². The largest absolute Gasteiger partial charge is 0.472 e. The van der Waals surface area contributed by atoms with Gasteiger partial charge in [0.1, 0.15) is 19.3 Å². The first-order valence-electron chi connectivity index (χ1n) is 39.4. The predicted octanol–water partition coefficient (Wildman–Crippen LogP) is 22.2. The van der Waals surface area contributed by atoms with Gasteiger partial charge in [-0.15, -0.1) is 0 Å². The molecule has 19 heteroatoms. The Labute approximate surface area is 581 Å². The Bertz CT molecular complexity index is 1860. The van der Waals surface area contributed by atoms with Crippen LogP contribution in [0.25, 0.3) is 0 Å². The minimum absolute atomic E-state index is 0.103. The van der Waals surface area contributed by atoms with Crippen molar-refractivity contribution in [2.24, 2.45) is 17.8 Å². The topological polar surface area (TPSA) is 237 Å². The molecular weight excluding hydrogens is 1250 g/mol. The zero-order valence-corrected chi connectivity index (χ0v) is 63.9. The van der Waals surface area contributed by atoms with Crippen LogP contribution >= 0.6 is 15.6 Å². The molecule has 0 aromatic rings. The Morgan fingerprint density at radius 2 is 0.537 bits per heavy atom. The lowest BCUT2D eigenvalue weighted by atomic mass is 9.99. The predicted molar refractivity (Wildman–Crippen MR) is 386 cm³/mol. The van der Waals surface area contributed by atoms with Crippen LogP contribution in [0.1, 0.15) is 389 Å². The lowest BCUT2D eigenvalue weighted by molar-refractivity contribution is -0.161. The van der Waals surface area contributed by atoms with Crippen LogP contribution in [-0.2, 0) is 65.4 Å². The van der Waals surface area contributed by atoms with E-state index in [4.69, 9.17) is 37.0 Å². The minimum Gasteiger partial charge on any atom is -0.462 e. The molecule has 95 heavy (non-hydrogen) atoms. The SMILES string of the molecule is CCCCCCCCCCCCCCCCCCCCCCCCC(=O)O[C@H](COC(=O)CCCCCCCCCCC(C)CC)COP(=O)(O)OC[C@@H](O)COP(=O)(O)OC[C@@H](COC(=O)CCCCCCCCC(C)CC)OC(=O)CCCCCCCCCCC(C)C. The molecule has 0 fully saturated rings. The van der Waals surface area contributed by atoms with Crippen molar-refractivity contribution in [3.05, 3.63) is 0 Å². The number of phosphoric ester groups is 2. The monoisotopic (exact) mass is 1400 g/mol. The fraction of sp³-hybridized carbons (Fsp3) is 0.947. The number of hydrogen-bond acceptors (Lipinski definition) is 15. The van der Waals surface area contributed by atoms with Crippen molar-refractivity contribution < 1.29 is 80.2 Å². The van der Waals surface area contributed by atoms with Crippen LogP contribution in [-0.4, -0.2) is 96.7 Å². The molecular formula is C76H148O17P2. The molecule has 0 saturated heterocycles. The number of hydrogen-bond donors (Lipinski definition) is 3. The summed E-state index contributed by atoms with van der Waals surface area (Å²) in [5, 5.41) is 10.6. The van der Waals surface area contributed by atoms with E-state index in [0.29, 0.717) is 25.7 Å². The summed E-state index contributed by atoms with van der Waals surface area (Å²) < 4.78 is 68.5. The van der Waals surface area contributed by atoms with Gasteiger partial charge in [-0.1, -0.05) is 337 Å². The van der Waals surface area contributed by atoms with Crippen molar-refractivity contribution in [3.63, 3.8) is 0 Å². The Kier molecular flexibility index (Phi) is 65.2. The highest BCUT2D eigenvalue weighted by atomic mass is 31.2. The number of phosphoric acid groups is 2. The summed E-state index contributed by atoms with van der Waals surface area (Å²) in [6.45, 7) is 11.8. The van der Waals surface area contributed by atoms with Gasteiger partial charge in [0.05, 0.1) is 26.4 Å². The number of esters is 4. The number of rotatable bonds is 74. The maximum atomic E-state index is 13.1. The smallest absolute Gasteiger partial charge is 0.462 e. The maximum Gasteiger partial charge on any atom is 0.472 e. The molecule has 0 radical (unpaired) electrons. The van der Waals surface area contributed by atoms with Crippen LogP contribution in [0.2, 0.25) is 0 Å². The molecule has 0 aliphatic rings. The number of unbranched alkanes of at least 4 members (excludes halogenated alkanes) is 40. The highest BCUT2D eigenvalue weighted by Crippen LogP contribution is 2.45. The number of carbonyl (C=O) groups excluding carboxylic acids is 4. The van der Waals surface area contributed by atoms with Gasteiger partial charge in [-0.3, -0.25) is 37.3 Å². The van der Waals surface area contributed by atoms with E-state index in [2.05, 4.69) is 48.5 Å². The molecule has 0 amide bonds. The zero-order valence-electron chi connectivity index (χ0n) is 62.1. The van der Waals surface area contributed by atoms with Crippen molar-refractivity contribution in [1.29, 1.82) is 0 Å². The van der Waals surface area contributed by atoms with Gasteiger partial charge in [0.2, 0.25) is 0 Å². The van der Waals surface area contributed by atoms with E-state index in [0.717, 1.165) is 114 Å². The fourth-order valence-electron chi connectivity index (χ4n) is 11.5. The normalized spacial score (nSPS) is 14.6. The lowest BCUT2D eigenvalue weighted by Gasteiger charge is -2.21. The van der Waals surface area contributed by atoms with Crippen molar-refractivity contribution >= 4 is 39.5 Å². The van der Waals surface area contributed by atoms with Crippen LogP contribution in [0, 0.1) is 17.8 Å². The molecule has 0 bridgehead atoms. The molecule has 4 unspecified atom stereocenters. The minimum atomic E-state index is -4.96. The summed E-state index contributed by atoms with van der Waals surface area (Å²) in [7, 11) is -9.91. The highest BCUT2D eigenvalue weighted by molar-refractivity contribution is 7.47. The lowest BCUT2D eigenvalue weighted by Crippen LogP contribution is -2.30. The summed E-state index contributed by atoms with van der Waals surface area (Å²) in [4.78, 5) is 72.7. The molecule has 564 valence electrons. The van der Waals surface area contributed by atoms with Gasteiger partial charge in [-0.25, -0.2) is 9.13 Å². The first-order chi connectivity index (χ1) is 45.8. The summed E-state index contributed by atoms with van der Waals surface area (Å²) in [6.07, 6.45) is 53.0. The van der Waals surface area contributed by atoms with Crippen LogP contribution in [0.3, 0.4) is 0 Å². The molecule has 0 heterocycles. The first-order valence-corrected chi connectivity index (χ1v) is 42.4. The van der Waals surface area contributed by atoms with Crippen LogP contribution in [0.5, 0.6) is 0 Å². The first kappa shape index (κ1) is 93.1.